The maximum absolute atomic E-state index is 6.07. The fourth-order valence-corrected chi connectivity index (χ4v) is 2.37. The van der Waals surface area contributed by atoms with Gasteiger partial charge in [-0.15, -0.1) is 0 Å². The quantitative estimate of drug-likeness (QED) is 0.619. The SMILES string of the molecule is COc1ccc(N=C/C=C/c2ccc(Cl)cc2Cl)cc1Cl. The van der Waals surface area contributed by atoms with E-state index in [0.29, 0.717) is 20.8 Å². The first kappa shape index (κ1) is 15.9. The zero-order valence-corrected chi connectivity index (χ0v) is 13.5. The lowest BCUT2D eigenvalue weighted by Gasteiger charge is -2.02. The van der Waals surface area contributed by atoms with Crippen molar-refractivity contribution in [2.24, 2.45) is 4.99 Å². The molecule has 2 aromatic carbocycles. The van der Waals surface area contributed by atoms with Gasteiger partial charge in [0.15, 0.2) is 0 Å². The smallest absolute Gasteiger partial charge is 0.137 e. The number of hydrogen-bond acceptors (Lipinski definition) is 2. The molecule has 0 amide bonds. The first-order chi connectivity index (χ1) is 10.1. The Hall–Kier alpha value is -1.48. The van der Waals surface area contributed by atoms with Gasteiger partial charge in [-0.3, -0.25) is 4.99 Å². The summed E-state index contributed by atoms with van der Waals surface area (Å²) in [4.78, 5) is 4.28. The van der Waals surface area contributed by atoms with Crippen LogP contribution in [0.25, 0.3) is 6.08 Å². The Morgan fingerprint density at radius 2 is 1.81 bits per heavy atom. The van der Waals surface area contributed by atoms with Gasteiger partial charge in [-0.1, -0.05) is 46.9 Å². The highest BCUT2D eigenvalue weighted by molar-refractivity contribution is 6.35. The summed E-state index contributed by atoms with van der Waals surface area (Å²) in [5, 5.41) is 1.73. The Morgan fingerprint density at radius 3 is 2.48 bits per heavy atom. The second-order valence-corrected chi connectivity index (χ2v) is 5.37. The molecule has 0 heterocycles. The summed E-state index contributed by atoms with van der Waals surface area (Å²) in [6, 6.07) is 10.7. The van der Waals surface area contributed by atoms with Gasteiger partial charge in [0, 0.05) is 16.3 Å². The lowest BCUT2D eigenvalue weighted by molar-refractivity contribution is 0.415. The number of ether oxygens (including phenoxy) is 1. The summed E-state index contributed by atoms with van der Waals surface area (Å²) in [5.74, 6) is 0.624. The molecule has 0 aromatic heterocycles. The molecule has 5 heteroatoms. The van der Waals surface area contributed by atoms with Crippen molar-refractivity contribution in [3.8, 4) is 5.75 Å². The van der Waals surface area contributed by atoms with E-state index in [1.165, 1.54) is 0 Å². The van der Waals surface area contributed by atoms with Crippen LogP contribution in [0.1, 0.15) is 5.56 Å². The predicted molar refractivity (Wildman–Crippen MR) is 91.7 cm³/mol. The molecule has 0 fully saturated rings. The van der Waals surface area contributed by atoms with Crippen LogP contribution in [0, 0.1) is 0 Å². The zero-order valence-electron chi connectivity index (χ0n) is 11.2. The predicted octanol–water partition coefficient (Wildman–Crippen LogP) is 6.07. The topological polar surface area (TPSA) is 21.6 Å². The maximum atomic E-state index is 6.07. The van der Waals surface area contributed by atoms with Crippen molar-refractivity contribution >= 4 is 52.8 Å². The number of benzene rings is 2. The Bertz CT molecular complexity index is 696. The molecule has 108 valence electrons. The van der Waals surface area contributed by atoms with Gasteiger partial charge >= 0.3 is 0 Å². The standard InChI is InChI=1S/C16H12Cl3NO/c1-21-16-7-6-13(10-15(16)19)20-8-2-3-11-4-5-12(17)9-14(11)18/h2-10H,1H3/b3-2+,20-8?. The van der Waals surface area contributed by atoms with E-state index < -0.39 is 0 Å². The normalized spacial score (nSPS) is 11.4. The summed E-state index contributed by atoms with van der Waals surface area (Å²) < 4.78 is 5.08. The molecule has 0 aliphatic carbocycles. The molecule has 2 aromatic rings. The van der Waals surface area contributed by atoms with Crippen LogP contribution < -0.4 is 4.74 Å². The number of methoxy groups -OCH3 is 1. The van der Waals surface area contributed by atoms with E-state index in [0.717, 1.165) is 11.3 Å². The minimum atomic E-state index is 0.525. The van der Waals surface area contributed by atoms with Gasteiger partial charge in [0.25, 0.3) is 0 Å². The first-order valence-corrected chi connectivity index (χ1v) is 7.23. The lowest BCUT2D eigenvalue weighted by Crippen LogP contribution is -1.82. The number of halogens is 3. The number of aliphatic imine (C=N–C) groups is 1. The largest absolute Gasteiger partial charge is 0.495 e. The van der Waals surface area contributed by atoms with Gasteiger partial charge in [-0.05, 0) is 42.0 Å². The van der Waals surface area contributed by atoms with Crippen LogP contribution in [0.3, 0.4) is 0 Å². The van der Waals surface area contributed by atoms with Crippen molar-refractivity contribution in [1.29, 1.82) is 0 Å². The van der Waals surface area contributed by atoms with Crippen molar-refractivity contribution in [3.63, 3.8) is 0 Å². The third-order valence-corrected chi connectivity index (χ3v) is 3.54. The average molecular weight is 341 g/mol. The van der Waals surface area contributed by atoms with Crippen LogP contribution in [-0.2, 0) is 0 Å². The number of hydrogen-bond donors (Lipinski definition) is 0. The van der Waals surface area contributed by atoms with E-state index >= 15 is 0 Å². The Balaban J connectivity index is 2.08. The first-order valence-electron chi connectivity index (χ1n) is 6.09. The summed E-state index contributed by atoms with van der Waals surface area (Å²) in [7, 11) is 1.57. The number of rotatable bonds is 4. The van der Waals surface area contributed by atoms with Crippen LogP contribution in [-0.4, -0.2) is 13.3 Å². The van der Waals surface area contributed by atoms with Crippen molar-refractivity contribution in [3.05, 3.63) is 63.1 Å². The van der Waals surface area contributed by atoms with Gasteiger partial charge in [0.05, 0.1) is 17.8 Å². The average Bonchev–Trinajstić information content (AvgIpc) is 2.45. The molecule has 0 atom stereocenters. The summed E-state index contributed by atoms with van der Waals surface area (Å²) in [5.41, 5.74) is 1.62. The highest BCUT2D eigenvalue weighted by Gasteiger charge is 2.00. The van der Waals surface area contributed by atoms with Crippen molar-refractivity contribution in [1.82, 2.24) is 0 Å². The van der Waals surface area contributed by atoms with Crippen LogP contribution >= 0.6 is 34.8 Å². The van der Waals surface area contributed by atoms with Crippen LogP contribution in [0.15, 0.2) is 47.5 Å². The molecule has 0 unspecified atom stereocenters. The Kier molecular flexibility index (Phi) is 5.68. The summed E-state index contributed by atoms with van der Waals surface area (Å²) >= 11 is 17.9. The summed E-state index contributed by atoms with van der Waals surface area (Å²) in [6.07, 6.45) is 5.32. The van der Waals surface area contributed by atoms with E-state index in [1.807, 2.05) is 18.2 Å². The van der Waals surface area contributed by atoms with Gasteiger partial charge in [0.1, 0.15) is 5.75 Å². The van der Waals surface area contributed by atoms with E-state index in [9.17, 15) is 0 Å². The van der Waals surface area contributed by atoms with Crippen LogP contribution in [0.5, 0.6) is 5.75 Å². The van der Waals surface area contributed by atoms with Crippen molar-refractivity contribution in [2.75, 3.05) is 7.11 Å². The molecule has 0 aliphatic rings. The minimum absolute atomic E-state index is 0.525. The molecule has 0 saturated carbocycles. The Labute approximate surface area is 138 Å². The molecule has 0 aliphatic heterocycles. The maximum Gasteiger partial charge on any atom is 0.137 e. The molecule has 21 heavy (non-hydrogen) atoms. The third-order valence-electron chi connectivity index (χ3n) is 2.68. The number of nitrogens with zero attached hydrogens (tertiary/aromatic N) is 1. The number of allylic oxidation sites excluding steroid dienone is 1. The van der Waals surface area contributed by atoms with Gasteiger partial charge in [-0.25, -0.2) is 0 Å². The fraction of sp³-hybridized carbons (Fsp3) is 0.0625. The van der Waals surface area contributed by atoms with Gasteiger partial charge in [0.2, 0.25) is 0 Å². The molecule has 0 bridgehead atoms. The zero-order chi connectivity index (χ0) is 15.2. The highest BCUT2D eigenvalue weighted by atomic mass is 35.5. The van der Waals surface area contributed by atoms with Crippen LogP contribution in [0.2, 0.25) is 15.1 Å². The van der Waals surface area contributed by atoms with Crippen LogP contribution in [0.4, 0.5) is 5.69 Å². The van der Waals surface area contributed by atoms with E-state index in [-0.39, 0.29) is 0 Å². The molecule has 0 radical (unpaired) electrons. The Morgan fingerprint density at radius 1 is 1.00 bits per heavy atom. The van der Waals surface area contributed by atoms with Crippen molar-refractivity contribution in [2.45, 2.75) is 0 Å². The van der Waals surface area contributed by atoms with E-state index in [2.05, 4.69) is 4.99 Å². The molecule has 0 spiro atoms. The molecule has 0 N–H and O–H groups in total. The molecule has 2 nitrogen and oxygen atoms in total. The molecular weight excluding hydrogens is 329 g/mol. The minimum Gasteiger partial charge on any atom is -0.495 e. The monoisotopic (exact) mass is 339 g/mol. The lowest BCUT2D eigenvalue weighted by atomic mass is 10.2. The molecular formula is C16H12Cl3NO. The third kappa shape index (κ3) is 4.50. The van der Waals surface area contributed by atoms with E-state index in [1.54, 1.807) is 43.7 Å². The van der Waals surface area contributed by atoms with Crippen molar-refractivity contribution < 1.29 is 4.74 Å². The fourth-order valence-electron chi connectivity index (χ4n) is 1.65. The van der Waals surface area contributed by atoms with Gasteiger partial charge in [-0.2, -0.15) is 0 Å². The molecule has 2 rings (SSSR count). The summed E-state index contributed by atoms with van der Waals surface area (Å²) in [6.45, 7) is 0. The molecule has 0 saturated heterocycles. The van der Waals surface area contributed by atoms with E-state index in [4.69, 9.17) is 39.5 Å². The second kappa shape index (κ2) is 7.51. The van der Waals surface area contributed by atoms with Gasteiger partial charge < -0.3 is 4.74 Å². The highest BCUT2D eigenvalue weighted by Crippen LogP contribution is 2.28. The second-order valence-electron chi connectivity index (χ2n) is 4.12.